The van der Waals surface area contributed by atoms with Gasteiger partial charge in [-0.05, 0) is 127 Å². The summed E-state index contributed by atoms with van der Waals surface area (Å²) in [4.78, 5) is 25.2. The van der Waals surface area contributed by atoms with Gasteiger partial charge in [0, 0.05) is 11.3 Å². The zero-order chi connectivity index (χ0) is 31.4. The summed E-state index contributed by atoms with van der Waals surface area (Å²) >= 11 is 1.97. The lowest BCUT2D eigenvalue weighted by atomic mass is 9.72. The minimum absolute atomic E-state index is 0.121. The number of rotatable bonds is 15. The molecule has 0 N–H and O–H groups in total. The molecule has 6 heteroatoms. The van der Waals surface area contributed by atoms with E-state index in [2.05, 4.69) is 54.6 Å². The Labute approximate surface area is 273 Å². The molecule has 2 atom stereocenters. The summed E-state index contributed by atoms with van der Waals surface area (Å²) in [6.07, 6.45) is 13.6. The third-order valence-corrected chi connectivity index (χ3v) is 10.8. The molecular weight excluding hydrogens is 580 g/mol. The molecular formula is C39H48O5S. The molecule has 0 radical (unpaired) electrons. The lowest BCUT2D eigenvalue weighted by Crippen LogP contribution is -2.20. The maximum atomic E-state index is 12.2. The quantitative estimate of drug-likeness (QED) is 0.124. The van der Waals surface area contributed by atoms with E-state index in [0.717, 1.165) is 70.0 Å². The van der Waals surface area contributed by atoms with Crippen molar-refractivity contribution in [3.63, 3.8) is 0 Å². The molecule has 5 nitrogen and oxygen atoms in total. The SMILES string of the molecule is COC(=O)CCCCCCC(CCc1ccccc1OCc1ccc2c(c1)CCCS2)C1CCCc2cc(C(=O)OC)ccc21. The maximum absolute atomic E-state index is 12.2. The Kier molecular flexibility index (Phi) is 12.4. The number of hydrogen-bond acceptors (Lipinski definition) is 6. The van der Waals surface area contributed by atoms with Crippen LogP contribution in [0.1, 0.15) is 108 Å². The first-order valence-electron chi connectivity index (χ1n) is 16.8. The molecule has 5 rings (SSSR count). The third-order valence-electron chi connectivity index (χ3n) is 9.55. The first-order chi connectivity index (χ1) is 22.1. The molecule has 0 bridgehead atoms. The number of esters is 2. The molecule has 0 spiro atoms. The van der Waals surface area contributed by atoms with Gasteiger partial charge in [-0.3, -0.25) is 4.79 Å². The molecule has 3 aromatic carbocycles. The fourth-order valence-corrected chi connectivity index (χ4v) is 8.14. The highest BCUT2D eigenvalue weighted by molar-refractivity contribution is 7.99. The summed E-state index contributed by atoms with van der Waals surface area (Å²) in [5.41, 5.74) is 7.31. The van der Waals surface area contributed by atoms with E-state index in [1.165, 1.54) is 65.5 Å². The summed E-state index contributed by atoms with van der Waals surface area (Å²) in [5, 5.41) is 0. The van der Waals surface area contributed by atoms with Gasteiger partial charge in [0.25, 0.3) is 0 Å². The summed E-state index contributed by atoms with van der Waals surface area (Å²) in [6.45, 7) is 0.586. The molecule has 2 unspecified atom stereocenters. The maximum Gasteiger partial charge on any atom is 0.337 e. The van der Waals surface area contributed by atoms with Crippen LogP contribution in [0.2, 0.25) is 0 Å². The van der Waals surface area contributed by atoms with Crippen LogP contribution in [0.4, 0.5) is 0 Å². The first kappa shape index (κ1) is 33.1. The number of carbonyl (C=O) groups is 2. The molecule has 0 saturated carbocycles. The van der Waals surface area contributed by atoms with Gasteiger partial charge in [-0.1, -0.05) is 55.7 Å². The number of fused-ring (bicyclic) bond motifs is 2. The Morgan fingerprint density at radius 1 is 0.867 bits per heavy atom. The average Bonchev–Trinajstić information content (AvgIpc) is 3.09. The largest absolute Gasteiger partial charge is 0.489 e. The van der Waals surface area contributed by atoms with Crippen molar-refractivity contribution < 1.29 is 23.8 Å². The van der Waals surface area contributed by atoms with Crippen molar-refractivity contribution in [3.05, 3.63) is 94.0 Å². The molecule has 45 heavy (non-hydrogen) atoms. The van der Waals surface area contributed by atoms with Crippen LogP contribution in [0.15, 0.2) is 65.6 Å². The number of hydrogen-bond donors (Lipinski definition) is 0. The van der Waals surface area contributed by atoms with Crippen LogP contribution in [0.3, 0.4) is 0 Å². The highest BCUT2D eigenvalue weighted by Gasteiger charge is 2.28. The predicted molar refractivity (Wildman–Crippen MR) is 181 cm³/mol. The number of thioether (sulfide) groups is 1. The number of carbonyl (C=O) groups excluding carboxylic acids is 2. The molecule has 0 aromatic heterocycles. The second-order valence-corrected chi connectivity index (χ2v) is 13.7. The van der Waals surface area contributed by atoms with Crippen molar-refractivity contribution in [2.75, 3.05) is 20.0 Å². The standard InChI is InChI=1S/C39H48O5S/c1-42-38(40)17-6-4-3-5-11-29(34-15-9-13-31-26-33(39(41)43-2)21-22-35(31)34)19-20-30-12-7-8-16-36(30)44-27-28-18-23-37-32(25-28)14-10-24-45-37/h7-8,12,16,18,21-23,25-26,29,34H,3-6,9-11,13-15,17,19-20,24,27H2,1-2H3. The molecule has 0 saturated heterocycles. The molecule has 1 aliphatic carbocycles. The van der Waals surface area contributed by atoms with E-state index in [1.54, 1.807) is 0 Å². The van der Waals surface area contributed by atoms with Crippen molar-refractivity contribution in [3.8, 4) is 5.75 Å². The molecule has 240 valence electrons. The Morgan fingerprint density at radius 2 is 1.71 bits per heavy atom. The van der Waals surface area contributed by atoms with Crippen LogP contribution in [-0.2, 0) is 40.1 Å². The fraction of sp³-hybridized carbons (Fsp3) is 0.487. The van der Waals surface area contributed by atoms with E-state index < -0.39 is 0 Å². The van der Waals surface area contributed by atoms with Crippen LogP contribution >= 0.6 is 11.8 Å². The minimum atomic E-state index is -0.269. The third kappa shape index (κ3) is 9.16. The highest BCUT2D eigenvalue weighted by Crippen LogP contribution is 2.42. The molecule has 0 fully saturated rings. The van der Waals surface area contributed by atoms with Gasteiger partial charge in [-0.25, -0.2) is 4.79 Å². The normalized spacial score (nSPS) is 16.3. The van der Waals surface area contributed by atoms with Crippen molar-refractivity contribution in [2.24, 2.45) is 5.92 Å². The van der Waals surface area contributed by atoms with Crippen LogP contribution in [0, 0.1) is 5.92 Å². The van der Waals surface area contributed by atoms with Crippen molar-refractivity contribution in [1.82, 2.24) is 0 Å². The lowest BCUT2D eigenvalue weighted by molar-refractivity contribution is -0.140. The Morgan fingerprint density at radius 3 is 2.58 bits per heavy atom. The van der Waals surface area contributed by atoms with Gasteiger partial charge < -0.3 is 14.2 Å². The van der Waals surface area contributed by atoms with E-state index in [9.17, 15) is 9.59 Å². The Bertz CT molecular complexity index is 1430. The predicted octanol–water partition coefficient (Wildman–Crippen LogP) is 9.27. The zero-order valence-corrected chi connectivity index (χ0v) is 27.8. The summed E-state index contributed by atoms with van der Waals surface area (Å²) in [7, 11) is 2.90. The number of benzene rings is 3. The monoisotopic (exact) mass is 628 g/mol. The minimum Gasteiger partial charge on any atom is -0.489 e. The second-order valence-electron chi connectivity index (χ2n) is 12.5. The van der Waals surface area contributed by atoms with Crippen molar-refractivity contribution >= 4 is 23.7 Å². The number of unbranched alkanes of at least 4 members (excludes halogenated alkanes) is 3. The van der Waals surface area contributed by atoms with Crippen LogP contribution in [-0.4, -0.2) is 31.9 Å². The van der Waals surface area contributed by atoms with E-state index in [1.807, 2.05) is 17.8 Å². The van der Waals surface area contributed by atoms with Crippen LogP contribution in [0.25, 0.3) is 0 Å². The van der Waals surface area contributed by atoms with Crippen molar-refractivity contribution in [1.29, 1.82) is 0 Å². The second kappa shape index (κ2) is 16.9. The first-order valence-corrected chi connectivity index (χ1v) is 17.8. The molecule has 0 amide bonds. The number of para-hydroxylation sites is 1. The van der Waals surface area contributed by atoms with Gasteiger partial charge >= 0.3 is 11.9 Å². The van der Waals surface area contributed by atoms with Gasteiger partial charge in [-0.2, -0.15) is 0 Å². The summed E-state index contributed by atoms with van der Waals surface area (Å²) < 4.78 is 16.3. The average molecular weight is 629 g/mol. The van der Waals surface area contributed by atoms with Gasteiger partial charge in [0.1, 0.15) is 12.4 Å². The Hall–Kier alpha value is -3.25. The van der Waals surface area contributed by atoms with E-state index in [-0.39, 0.29) is 11.9 Å². The molecule has 3 aromatic rings. The van der Waals surface area contributed by atoms with Crippen LogP contribution in [0.5, 0.6) is 5.75 Å². The lowest BCUT2D eigenvalue weighted by Gasteiger charge is -2.33. The number of ether oxygens (including phenoxy) is 3. The zero-order valence-electron chi connectivity index (χ0n) is 27.0. The Balaban J connectivity index is 1.26. The summed E-state index contributed by atoms with van der Waals surface area (Å²) in [6, 6.07) is 21.5. The van der Waals surface area contributed by atoms with Crippen LogP contribution < -0.4 is 4.74 Å². The van der Waals surface area contributed by atoms with E-state index in [4.69, 9.17) is 14.2 Å². The van der Waals surface area contributed by atoms with E-state index >= 15 is 0 Å². The molecule has 1 heterocycles. The van der Waals surface area contributed by atoms with Crippen molar-refractivity contribution in [2.45, 2.75) is 101 Å². The van der Waals surface area contributed by atoms with E-state index in [0.29, 0.717) is 30.4 Å². The smallest absolute Gasteiger partial charge is 0.337 e. The summed E-state index contributed by atoms with van der Waals surface area (Å²) in [5.74, 6) is 2.81. The van der Waals surface area contributed by atoms with Gasteiger partial charge in [-0.15, -0.1) is 11.8 Å². The molecule has 1 aliphatic heterocycles. The fourth-order valence-electron chi connectivity index (χ4n) is 7.12. The number of aryl methyl sites for hydroxylation is 3. The van der Waals surface area contributed by atoms with Gasteiger partial charge in [0.05, 0.1) is 19.8 Å². The number of methoxy groups -OCH3 is 2. The molecule has 2 aliphatic rings. The topological polar surface area (TPSA) is 61.8 Å². The highest BCUT2D eigenvalue weighted by atomic mass is 32.2. The van der Waals surface area contributed by atoms with Gasteiger partial charge in [0.15, 0.2) is 0 Å². The van der Waals surface area contributed by atoms with Gasteiger partial charge in [0.2, 0.25) is 0 Å².